The summed E-state index contributed by atoms with van der Waals surface area (Å²) in [5, 5.41) is 9.92. The lowest BCUT2D eigenvalue weighted by molar-refractivity contribution is 0.0701. The molecule has 0 aromatic carbocycles. The average Bonchev–Trinajstić information content (AvgIpc) is 3.07. The summed E-state index contributed by atoms with van der Waals surface area (Å²) in [4.78, 5) is 22.8. The van der Waals surface area contributed by atoms with Gasteiger partial charge in [0.1, 0.15) is 22.6 Å². The van der Waals surface area contributed by atoms with Crippen LogP contribution in [0, 0.1) is 6.92 Å². The number of hydrogen-bond acceptors (Lipinski definition) is 6. The van der Waals surface area contributed by atoms with Gasteiger partial charge in [0.15, 0.2) is 0 Å². The highest BCUT2D eigenvalue weighted by Gasteiger charge is 2.19. The fourth-order valence-electron chi connectivity index (χ4n) is 2.63. The van der Waals surface area contributed by atoms with Gasteiger partial charge in [0.05, 0.1) is 5.39 Å². The third-order valence-electron chi connectivity index (χ3n) is 3.73. The molecule has 0 bridgehead atoms. The number of nitrogens with zero attached hydrogens (tertiary/aromatic N) is 3. The van der Waals surface area contributed by atoms with E-state index in [1.54, 1.807) is 6.92 Å². The van der Waals surface area contributed by atoms with Crippen LogP contribution >= 0.6 is 11.3 Å². The maximum atomic E-state index is 11.2. The van der Waals surface area contributed by atoms with Gasteiger partial charge in [-0.3, -0.25) is 4.90 Å². The number of rotatable bonds is 5. The van der Waals surface area contributed by atoms with E-state index >= 15 is 0 Å². The Morgan fingerprint density at radius 1 is 1.43 bits per heavy atom. The lowest BCUT2D eigenvalue weighted by atomic mass is 10.2. The van der Waals surface area contributed by atoms with Crippen LogP contribution in [-0.2, 0) is 0 Å². The second-order valence-corrected chi connectivity index (χ2v) is 6.12. The number of carboxylic acids is 1. The second-order valence-electron chi connectivity index (χ2n) is 5.12. The third-order valence-corrected chi connectivity index (χ3v) is 4.92. The number of aryl methyl sites for hydroxylation is 1. The number of fused-ring (bicyclic) bond motifs is 1. The predicted octanol–water partition coefficient (Wildman–Crippen LogP) is 2.17. The van der Waals surface area contributed by atoms with E-state index in [4.69, 9.17) is 4.74 Å². The molecule has 1 saturated heterocycles. The average molecular weight is 307 g/mol. The highest BCUT2D eigenvalue weighted by atomic mass is 32.1. The summed E-state index contributed by atoms with van der Waals surface area (Å²) >= 11 is 1.16. The zero-order valence-electron chi connectivity index (χ0n) is 11.8. The Bertz CT molecular complexity index is 665. The van der Waals surface area contributed by atoms with Crippen molar-refractivity contribution < 1.29 is 14.6 Å². The van der Waals surface area contributed by atoms with Crippen molar-refractivity contribution >= 4 is 27.5 Å². The number of carbonyl (C=O) groups is 1. The molecule has 0 atom stereocenters. The summed E-state index contributed by atoms with van der Waals surface area (Å²) in [5.74, 6) is -0.445. The second kappa shape index (κ2) is 5.95. The van der Waals surface area contributed by atoms with Crippen molar-refractivity contribution in [2.24, 2.45) is 0 Å². The fourth-order valence-corrected chi connectivity index (χ4v) is 3.61. The molecule has 2 aromatic heterocycles. The molecule has 0 unspecified atom stereocenters. The van der Waals surface area contributed by atoms with Crippen LogP contribution in [0.4, 0.5) is 0 Å². The lowest BCUT2D eigenvalue weighted by Gasteiger charge is -2.14. The van der Waals surface area contributed by atoms with Gasteiger partial charge in [0.2, 0.25) is 5.88 Å². The lowest BCUT2D eigenvalue weighted by Crippen LogP contribution is -2.25. The third kappa shape index (κ3) is 2.84. The van der Waals surface area contributed by atoms with Crippen molar-refractivity contribution in [2.75, 3.05) is 26.2 Å². The molecule has 112 valence electrons. The Labute approximate surface area is 126 Å². The minimum absolute atomic E-state index is 0.301. The number of ether oxygens (including phenoxy) is 1. The van der Waals surface area contributed by atoms with Crippen molar-refractivity contribution in [1.29, 1.82) is 0 Å². The highest BCUT2D eigenvalue weighted by Crippen LogP contribution is 2.34. The molecule has 1 fully saturated rings. The molecule has 3 rings (SSSR count). The van der Waals surface area contributed by atoms with Gasteiger partial charge in [0, 0.05) is 6.54 Å². The van der Waals surface area contributed by atoms with E-state index in [9.17, 15) is 9.90 Å². The Kier molecular flexibility index (Phi) is 4.03. The summed E-state index contributed by atoms with van der Waals surface area (Å²) in [6.45, 7) is 5.47. The number of aromatic nitrogens is 2. The van der Waals surface area contributed by atoms with Crippen molar-refractivity contribution in [1.82, 2.24) is 14.9 Å². The number of hydrogen-bond donors (Lipinski definition) is 1. The zero-order valence-corrected chi connectivity index (χ0v) is 12.7. The Morgan fingerprint density at radius 3 is 2.90 bits per heavy atom. The van der Waals surface area contributed by atoms with Gasteiger partial charge >= 0.3 is 5.97 Å². The predicted molar refractivity (Wildman–Crippen MR) is 80.3 cm³/mol. The summed E-state index contributed by atoms with van der Waals surface area (Å²) in [5.41, 5.74) is 0.680. The molecule has 0 aliphatic carbocycles. The minimum atomic E-state index is -0.932. The smallest absolute Gasteiger partial charge is 0.346 e. The maximum Gasteiger partial charge on any atom is 0.346 e. The van der Waals surface area contributed by atoms with Crippen molar-refractivity contribution in [3.63, 3.8) is 0 Å². The van der Waals surface area contributed by atoms with E-state index in [1.807, 2.05) is 0 Å². The Balaban J connectivity index is 1.79. The standard InChI is InChI=1S/C14H17N3O3S/c1-9-10-12(20-7-6-17-4-2-3-5-17)15-8-16-13(10)21-11(9)14(18)19/h8H,2-7H2,1H3,(H,18,19). The topological polar surface area (TPSA) is 75.5 Å². The van der Waals surface area contributed by atoms with Crippen LogP contribution in [0.25, 0.3) is 10.2 Å². The number of aromatic carboxylic acids is 1. The molecule has 0 radical (unpaired) electrons. The maximum absolute atomic E-state index is 11.2. The van der Waals surface area contributed by atoms with E-state index in [0.717, 1.165) is 36.4 Å². The van der Waals surface area contributed by atoms with Gasteiger partial charge < -0.3 is 9.84 Å². The first-order valence-corrected chi connectivity index (χ1v) is 7.81. The molecule has 3 heterocycles. The normalized spacial score (nSPS) is 15.7. The molecule has 0 amide bonds. The van der Waals surface area contributed by atoms with E-state index < -0.39 is 5.97 Å². The molecule has 0 saturated carbocycles. The summed E-state index contributed by atoms with van der Waals surface area (Å²) in [7, 11) is 0. The van der Waals surface area contributed by atoms with Crippen LogP contribution in [0.5, 0.6) is 5.88 Å². The summed E-state index contributed by atoms with van der Waals surface area (Å²) in [6.07, 6.45) is 3.93. The van der Waals surface area contributed by atoms with Crippen molar-refractivity contribution in [2.45, 2.75) is 19.8 Å². The largest absolute Gasteiger partial charge is 0.477 e. The first-order valence-electron chi connectivity index (χ1n) is 6.99. The van der Waals surface area contributed by atoms with Gasteiger partial charge in [0.25, 0.3) is 0 Å². The molecule has 0 spiro atoms. The molecule has 1 N–H and O–H groups in total. The van der Waals surface area contributed by atoms with Crippen LogP contribution in [0.1, 0.15) is 28.1 Å². The first kappa shape index (κ1) is 14.2. The molecule has 1 aliphatic heterocycles. The van der Waals surface area contributed by atoms with Crippen LogP contribution in [-0.4, -0.2) is 52.2 Å². The van der Waals surface area contributed by atoms with Crippen LogP contribution < -0.4 is 4.74 Å². The van der Waals surface area contributed by atoms with Crippen molar-refractivity contribution in [3.8, 4) is 5.88 Å². The van der Waals surface area contributed by atoms with E-state index in [-0.39, 0.29) is 0 Å². The van der Waals surface area contributed by atoms with Gasteiger partial charge in [-0.15, -0.1) is 11.3 Å². The number of likely N-dealkylation sites (tertiary alicyclic amines) is 1. The Morgan fingerprint density at radius 2 is 2.19 bits per heavy atom. The molecule has 2 aromatic rings. The van der Waals surface area contributed by atoms with E-state index in [2.05, 4.69) is 14.9 Å². The Hall–Kier alpha value is -1.73. The van der Waals surface area contributed by atoms with Gasteiger partial charge in [-0.25, -0.2) is 14.8 Å². The summed E-state index contributed by atoms with van der Waals surface area (Å²) in [6, 6.07) is 0. The monoisotopic (exact) mass is 307 g/mol. The molecule has 7 heteroatoms. The van der Waals surface area contributed by atoms with Crippen LogP contribution in [0.2, 0.25) is 0 Å². The first-order chi connectivity index (χ1) is 10.2. The molecular weight excluding hydrogens is 290 g/mol. The van der Waals surface area contributed by atoms with Gasteiger partial charge in [-0.05, 0) is 38.4 Å². The minimum Gasteiger partial charge on any atom is -0.477 e. The van der Waals surface area contributed by atoms with Crippen molar-refractivity contribution in [3.05, 3.63) is 16.8 Å². The number of carboxylic acid groups (broad SMARTS) is 1. The molecule has 6 nitrogen and oxygen atoms in total. The van der Waals surface area contributed by atoms with Gasteiger partial charge in [-0.1, -0.05) is 0 Å². The molecular formula is C14H17N3O3S. The van der Waals surface area contributed by atoms with E-state index in [0.29, 0.717) is 27.8 Å². The molecule has 1 aliphatic rings. The van der Waals surface area contributed by atoms with E-state index in [1.165, 1.54) is 19.2 Å². The SMILES string of the molecule is Cc1c(C(=O)O)sc2ncnc(OCCN3CCCC3)c12. The van der Waals surface area contributed by atoms with Gasteiger partial charge in [-0.2, -0.15) is 0 Å². The fraction of sp³-hybridized carbons (Fsp3) is 0.500. The number of thiophene rings is 1. The molecule has 21 heavy (non-hydrogen) atoms. The van der Waals surface area contributed by atoms with Crippen LogP contribution in [0.15, 0.2) is 6.33 Å². The highest BCUT2D eigenvalue weighted by molar-refractivity contribution is 7.20. The zero-order chi connectivity index (χ0) is 14.8. The summed E-state index contributed by atoms with van der Waals surface area (Å²) < 4.78 is 5.78. The van der Waals surface area contributed by atoms with Crippen LogP contribution in [0.3, 0.4) is 0 Å². The quantitative estimate of drug-likeness (QED) is 0.912.